The topological polar surface area (TPSA) is 12.0 Å². The number of hydrogen-bond acceptors (Lipinski definition) is 1. The summed E-state index contributed by atoms with van der Waals surface area (Å²) in [4.78, 5) is 0. The van der Waals surface area contributed by atoms with Crippen molar-refractivity contribution in [1.29, 1.82) is 0 Å². The smallest absolute Gasteiger partial charge is 0.137 e. The maximum atomic E-state index is 13.1. The molecule has 0 aliphatic carbocycles. The Balaban J connectivity index is 2.65. The number of benzene rings is 1. The number of halogens is 2. The molecule has 1 N–H and O–H groups in total. The fourth-order valence-electron chi connectivity index (χ4n) is 1.02. The van der Waals surface area contributed by atoms with Crippen molar-refractivity contribution in [2.24, 2.45) is 0 Å². The first-order chi connectivity index (χ1) is 6.38. The third kappa shape index (κ3) is 3.76. The molecule has 0 heterocycles. The molecule has 0 amide bonds. The Morgan fingerprint density at radius 1 is 1.36 bits per heavy atom. The van der Waals surface area contributed by atoms with Gasteiger partial charge in [-0.05, 0) is 54.4 Å². The van der Waals surface area contributed by atoms with E-state index in [4.69, 9.17) is 0 Å². The van der Waals surface area contributed by atoms with Gasteiger partial charge in [0.05, 0.1) is 4.47 Å². The second-order valence-corrected chi connectivity index (χ2v) is 5.21. The summed E-state index contributed by atoms with van der Waals surface area (Å²) in [6, 6.07) is 5.18. The van der Waals surface area contributed by atoms with Crippen molar-refractivity contribution in [1.82, 2.24) is 5.32 Å². The van der Waals surface area contributed by atoms with Crippen LogP contribution in [0, 0.1) is 5.82 Å². The molecule has 0 spiro atoms. The van der Waals surface area contributed by atoms with Crippen LogP contribution in [0.25, 0.3) is 0 Å². The summed E-state index contributed by atoms with van der Waals surface area (Å²) in [5.74, 6) is -0.210. The van der Waals surface area contributed by atoms with Gasteiger partial charge in [0.1, 0.15) is 5.82 Å². The van der Waals surface area contributed by atoms with E-state index in [1.807, 2.05) is 6.07 Å². The van der Waals surface area contributed by atoms with Gasteiger partial charge in [0.15, 0.2) is 0 Å². The van der Waals surface area contributed by atoms with Gasteiger partial charge in [-0.2, -0.15) is 0 Å². The van der Waals surface area contributed by atoms with E-state index in [0.717, 1.165) is 5.56 Å². The van der Waals surface area contributed by atoms with Crippen molar-refractivity contribution in [3.63, 3.8) is 0 Å². The van der Waals surface area contributed by atoms with Gasteiger partial charge < -0.3 is 5.32 Å². The molecule has 0 aliphatic rings. The van der Waals surface area contributed by atoms with Crippen LogP contribution in [-0.2, 0) is 6.54 Å². The largest absolute Gasteiger partial charge is 0.308 e. The Kier molecular flexibility index (Phi) is 3.67. The number of hydrogen-bond donors (Lipinski definition) is 1. The molecule has 0 fully saturated rings. The van der Waals surface area contributed by atoms with E-state index in [9.17, 15) is 4.39 Å². The van der Waals surface area contributed by atoms with Gasteiger partial charge in [-0.15, -0.1) is 0 Å². The number of nitrogens with one attached hydrogen (secondary N) is 1. The standard InChI is InChI=1S/C11H15BrFN/c1-11(2,3)14-7-8-4-5-9(12)10(13)6-8/h4-6,14H,7H2,1-3H3. The van der Waals surface area contributed by atoms with Gasteiger partial charge in [0.25, 0.3) is 0 Å². The monoisotopic (exact) mass is 259 g/mol. The molecule has 0 unspecified atom stereocenters. The molecule has 0 aromatic heterocycles. The molecule has 14 heavy (non-hydrogen) atoms. The first kappa shape index (κ1) is 11.7. The maximum absolute atomic E-state index is 13.1. The Bertz CT molecular complexity index is 318. The normalized spacial score (nSPS) is 11.8. The Labute approximate surface area is 92.8 Å². The molecule has 0 saturated heterocycles. The van der Waals surface area contributed by atoms with Crippen LogP contribution in [0.15, 0.2) is 22.7 Å². The van der Waals surface area contributed by atoms with Crippen LogP contribution >= 0.6 is 15.9 Å². The van der Waals surface area contributed by atoms with E-state index in [0.29, 0.717) is 11.0 Å². The van der Waals surface area contributed by atoms with Gasteiger partial charge in [0.2, 0.25) is 0 Å². The van der Waals surface area contributed by atoms with Crippen molar-refractivity contribution in [2.75, 3.05) is 0 Å². The van der Waals surface area contributed by atoms with Crippen LogP contribution in [0.5, 0.6) is 0 Å². The third-order valence-corrected chi connectivity index (χ3v) is 2.45. The highest BCUT2D eigenvalue weighted by Gasteiger charge is 2.08. The molecule has 0 aliphatic heterocycles. The second-order valence-electron chi connectivity index (χ2n) is 4.35. The van der Waals surface area contributed by atoms with Crippen LogP contribution in [0.3, 0.4) is 0 Å². The summed E-state index contributed by atoms with van der Waals surface area (Å²) in [7, 11) is 0. The van der Waals surface area contributed by atoms with Crippen molar-refractivity contribution in [2.45, 2.75) is 32.9 Å². The zero-order chi connectivity index (χ0) is 10.8. The van der Waals surface area contributed by atoms with Crippen LogP contribution < -0.4 is 5.32 Å². The fraction of sp³-hybridized carbons (Fsp3) is 0.455. The van der Waals surface area contributed by atoms with Crippen LogP contribution in [0.4, 0.5) is 4.39 Å². The minimum atomic E-state index is -0.210. The molecular formula is C11H15BrFN. The molecule has 0 bridgehead atoms. The van der Waals surface area contributed by atoms with Gasteiger partial charge in [-0.3, -0.25) is 0 Å². The van der Waals surface area contributed by atoms with Crippen LogP contribution in [0.2, 0.25) is 0 Å². The first-order valence-corrected chi connectivity index (χ1v) is 5.37. The van der Waals surface area contributed by atoms with E-state index in [1.165, 1.54) is 0 Å². The molecule has 78 valence electrons. The van der Waals surface area contributed by atoms with Gasteiger partial charge in [0, 0.05) is 12.1 Å². The third-order valence-electron chi connectivity index (χ3n) is 1.81. The lowest BCUT2D eigenvalue weighted by Gasteiger charge is -2.20. The van der Waals surface area contributed by atoms with Crippen LogP contribution in [-0.4, -0.2) is 5.54 Å². The summed E-state index contributed by atoms with van der Waals surface area (Å²) in [6.07, 6.45) is 0. The summed E-state index contributed by atoms with van der Waals surface area (Å²) in [6.45, 7) is 6.94. The first-order valence-electron chi connectivity index (χ1n) is 4.57. The average Bonchev–Trinajstić information content (AvgIpc) is 2.06. The Morgan fingerprint density at radius 2 is 2.00 bits per heavy atom. The lowest BCUT2D eigenvalue weighted by atomic mass is 10.1. The average molecular weight is 260 g/mol. The highest BCUT2D eigenvalue weighted by atomic mass is 79.9. The molecule has 0 saturated carbocycles. The summed E-state index contributed by atoms with van der Waals surface area (Å²) >= 11 is 3.12. The zero-order valence-electron chi connectivity index (χ0n) is 8.70. The van der Waals surface area contributed by atoms with E-state index < -0.39 is 0 Å². The molecule has 3 heteroatoms. The SMILES string of the molecule is CC(C)(C)NCc1ccc(Br)c(F)c1. The minimum absolute atomic E-state index is 0.0591. The number of rotatable bonds is 2. The molecule has 0 atom stereocenters. The highest BCUT2D eigenvalue weighted by molar-refractivity contribution is 9.10. The van der Waals surface area contributed by atoms with Crippen molar-refractivity contribution >= 4 is 15.9 Å². The fourth-order valence-corrected chi connectivity index (χ4v) is 1.26. The second kappa shape index (κ2) is 4.41. The molecule has 1 rings (SSSR count). The molecule has 1 aromatic carbocycles. The quantitative estimate of drug-likeness (QED) is 0.858. The predicted molar refractivity (Wildman–Crippen MR) is 60.7 cm³/mol. The van der Waals surface area contributed by atoms with E-state index in [2.05, 4.69) is 42.0 Å². The van der Waals surface area contributed by atoms with Crippen molar-refractivity contribution in [3.05, 3.63) is 34.1 Å². The van der Waals surface area contributed by atoms with E-state index in [1.54, 1.807) is 12.1 Å². The minimum Gasteiger partial charge on any atom is -0.308 e. The zero-order valence-corrected chi connectivity index (χ0v) is 10.3. The summed E-state index contributed by atoms with van der Waals surface area (Å²) in [5, 5.41) is 3.30. The van der Waals surface area contributed by atoms with E-state index in [-0.39, 0.29) is 11.4 Å². The van der Waals surface area contributed by atoms with E-state index >= 15 is 0 Å². The molecule has 1 nitrogen and oxygen atoms in total. The van der Waals surface area contributed by atoms with Gasteiger partial charge in [-0.25, -0.2) is 4.39 Å². The lowest BCUT2D eigenvalue weighted by Crippen LogP contribution is -2.35. The molecule has 0 radical (unpaired) electrons. The summed E-state index contributed by atoms with van der Waals surface area (Å²) < 4.78 is 13.6. The predicted octanol–water partition coefficient (Wildman–Crippen LogP) is 3.48. The Morgan fingerprint density at radius 3 is 2.50 bits per heavy atom. The molecule has 1 aromatic rings. The lowest BCUT2D eigenvalue weighted by molar-refractivity contribution is 0.423. The van der Waals surface area contributed by atoms with Gasteiger partial charge in [-0.1, -0.05) is 6.07 Å². The van der Waals surface area contributed by atoms with Crippen molar-refractivity contribution in [3.8, 4) is 0 Å². The molecular weight excluding hydrogens is 245 g/mol. The maximum Gasteiger partial charge on any atom is 0.137 e. The van der Waals surface area contributed by atoms with Crippen LogP contribution in [0.1, 0.15) is 26.3 Å². The Hall–Kier alpha value is -0.410. The highest BCUT2D eigenvalue weighted by Crippen LogP contribution is 2.16. The summed E-state index contributed by atoms with van der Waals surface area (Å²) in [5.41, 5.74) is 1.02. The van der Waals surface area contributed by atoms with Gasteiger partial charge >= 0.3 is 0 Å². The van der Waals surface area contributed by atoms with Crippen molar-refractivity contribution < 1.29 is 4.39 Å².